The summed E-state index contributed by atoms with van der Waals surface area (Å²) in [5.41, 5.74) is 5.27. The van der Waals surface area contributed by atoms with Gasteiger partial charge >= 0.3 is 0 Å². The van der Waals surface area contributed by atoms with Crippen molar-refractivity contribution in [2.75, 3.05) is 6.54 Å². The molecule has 0 unspecified atom stereocenters. The first kappa shape index (κ1) is 10.6. The minimum absolute atomic E-state index is 0.145. The smallest absolute Gasteiger partial charge is 0.291 e. The van der Waals surface area contributed by atoms with E-state index in [0.29, 0.717) is 12.4 Å². The molecular weight excluding hydrogens is 182 g/mol. The summed E-state index contributed by atoms with van der Waals surface area (Å²) in [6.07, 6.45) is 0. The van der Waals surface area contributed by atoms with E-state index in [-0.39, 0.29) is 11.7 Å². The lowest BCUT2D eigenvalue weighted by Crippen LogP contribution is -2.45. The molecule has 0 atom stereocenters. The Labute approximate surface area is 82.3 Å². The molecular formula is C8H15N5O. The van der Waals surface area contributed by atoms with Crippen molar-refractivity contribution in [1.29, 1.82) is 0 Å². The van der Waals surface area contributed by atoms with Gasteiger partial charge in [-0.3, -0.25) is 9.89 Å². The molecule has 0 aliphatic carbocycles. The molecule has 1 aromatic rings. The lowest BCUT2D eigenvalue weighted by atomic mass is 10.1. The van der Waals surface area contributed by atoms with Crippen LogP contribution in [0.15, 0.2) is 0 Å². The minimum atomic E-state index is -0.430. The van der Waals surface area contributed by atoms with Gasteiger partial charge in [-0.15, -0.1) is 5.10 Å². The number of carbonyl (C=O) groups excluding carboxylic acids is 1. The monoisotopic (exact) mass is 197 g/mol. The average Bonchev–Trinajstić information content (AvgIpc) is 2.46. The van der Waals surface area contributed by atoms with Crippen LogP contribution >= 0.6 is 0 Å². The molecule has 1 amide bonds. The van der Waals surface area contributed by atoms with Gasteiger partial charge in [0.15, 0.2) is 0 Å². The Bertz CT molecular complexity index is 325. The Hall–Kier alpha value is -1.43. The van der Waals surface area contributed by atoms with Gasteiger partial charge in [-0.2, -0.15) is 0 Å². The molecule has 6 nitrogen and oxygen atoms in total. The van der Waals surface area contributed by atoms with Crippen molar-refractivity contribution in [3.63, 3.8) is 0 Å². The molecule has 4 N–H and O–H groups in total. The predicted molar refractivity (Wildman–Crippen MR) is 51.7 cm³/mol. The SMILES string of the molecule is Cc1nc(C(=O)NCC(C)(C)N)n[nH]1. The summed E-state index contributed by atoms with van der Waals surface area (Å²) in [7, 11) is 0. The molecule has 1 rings (SSSR count). The predicted octanol–water partition coefficient (Wildman–Crippen LogP) is -0.420. The maximum Gasteiger partial charge on any atom is 0.291 e. The molecule has 0 saturated carbocycles. The van der Waals surface area contributed by atoms with Crippen molar-refractivity contribution in [2.45, 2.75) is 26.3 Å². The Morgan fingerprint density at radius 1 is 1.64 bits per heavy atom. The van der Waals surface area contributed by atoms with Crippen LogP contribution in [-0.2, 0) is 0 Å². The van der Waals surface area contributed by atoms with Crippen LogP contribution in [0.5, 0.6) is 0 Å². The van der Waals surface area contributed by atoms with Crippen LogP contribution in [0.2, 0.25) is 0 Å². The number of hydrogen-bond acceptors (Lipinski definition) is 4. The fraction of sp³-hybridized carbons (Fsp3) is 0.625. The number of carbonyl (C=O) groups is 1. The average molecular weight is 197 g/mol. The van der Waals surface area contributed by atoms with E-state index >= 15 is 0 Å². The third kappa shape index (κ3) is 3.14. The Morgan fingerprint density at radius 3 is 2.71 bits per heavy atom. The summed E-state index contributed by atoms with van der Waals surface area (Å²) in [5, 5.41) is 8.96. The van der Waals surface area contributed by atoms with E-state index in [2.05, 4.69) is 20.5 Å². The van der Waals surface area contributed by atoms with Gasteiger partial charge in [-0.25, -0.2) is 4.98 Å². The van der Waals surface area contributed by atoms with Crippen LogP contribution in [0.3, 0.4) is 0 Å². The second-order valence-electron chi connectivity index (χ2n) is 3.92. The molecule has 78 valence electrons. The van der Waals surface area contributed by atoms with Gasteiger partial charge in [-0.05, 0) is 20.8 Å². The fourth-order valence-corrected chi connectivity index (χ4v) is 0.831. The first-order valence-corrected chi connectivity index (χ1v) is 4.34. The number of aromatic nitrogens is 3. The van der Waals surface area contributed by atoms with E-state index in [9.17, 15) is 4.79 Å². The summed E-state index contributed by atoms with van der Waals surface area (Å²) in [6, 6.07) is 0. The second kappa shape index (κ2) is 3.75. The van der Waals surface area contributed by atoms with E-state index in [0.717, 1.165) is 0 Å². The molecule has 0 aromatic carbocycles. The highest BCUT2D eigenvalue weighted by Crippen LogP contribution is 1.95. The lowest BCUT2D eigenvalue weighted by Gasteiger charge is -2.17. The normalized spacial score (nSPS) is 11.4. The number of aryl methyl sites for hydroxylation is 1. The van der Waals surface area contributed by atoms with Crippen LogP contribution in [-0.4, -0.2) is 33.2 Å². The van der Waals surface area contributed by atoms with Crippen LogP contribution in [0.25, 0.3) is 0 Å². The molecule has 14 heavy (non-hydrogen) atoms. The largest absolute Gasteiger partial charge is 0.347 e. The van der Waals surface area contributed by atoms with Crippen LogP contribution < -0.4 is 11.1 Å². The fourth-order valence-electron chi connectivity index (χ4n) is 0.831. The second-order valence-corrected chi connectivity index (χ2v) is 3.92. The number of H-pyrrole nitrogens is 1. The topological polar surface area (TPSA) is 96.7 Å². The molecule has 0 radical (unpaired) electrons. The molecule has 1 aromatic heterocycles. The van der Waals surface area contributed by atoms with E-state index in [1.807, 2.05) is 13.8 Å². The number of nitrogens with zero attached hydrogens (tertiary/aromatic N) is 2. The van der Waals surface area contributed by atoms with E-state index in [4.69, 9.17) is 5.73 Å². The molecule has 1 heterocycles. The van der Waals surface area contributed by atoms with Gasteiger partial charge in [0.1, 0.15) is 5.82 Å². The quantitative estimate of drug-likeness (QED) is 0.613. The van der Waals surface area contributed by atoms with Gasteiger partial charge in [0, 0.05) is 12.1 Å². The summed E-state index contributed by atoms with van der Waals surface area (Å²) in [5.74, 6) is 0.446. The lowest BCUT2D eigenvalue weighted by molar-refractivity contribution is 0.0936. The van der Waals surface area contributed by atoms with Crippen molar-refractivity contribution in [3.8, 4) is 0 Å². The molecule has 0 fully saturated rings. The number of aromatic amines is 1. The highest BCUT2D eigenvalue weighted by Gasteiger charge is 2.15. The molecule has 6 heteroatoms. The third-order valence-electron chi connectivity index (χ3n) is 1.50. The standard InChI is InChI=1S/C8H15N5O/c1-5-11-6(13-12-5)7(14)10-4-8(2,3)9/h4,9H2,1-3H3,(H,10,14)(H,11,12,13). The Kier molecular flexibility index (Phi) is 2.85. The summed E-state index contributed by atoms with van der Waals surface area (Å²) in [6.45, 7) is 5.78. The first-order chi connectivity index (χ1) is 6.38. The maximum absolute atomic E-state index is 11.4. The zero-order chi connectivity index (χ0) is 10.8. The number of amides is 1. The van der Waals surface area contributed by atoms with Gasteiger partial charge in [0.25, 0.3) is 5.91 Å². The highest BCUT2D eigenvalue weighted by atomic mass is 16.2. The number of rotatable bonds is 3. The van der Waals surface area contributed by atoms with Gasteiger partial charge in [0.05, 0.1) is 0 Å². The third-order valence-corrected chi connectivity index (χ3v) is 1.50. The summed E-state index contributed by atoms with van der Waals surface area (Å²) >= 11 is 0. The Morgan fingerprint density at radius 2 is 2.29 bits per heavy atom. The highest BCUT2D eigenvalue weighted by molar-refractivity contribution is 5.90. The van der Waals surface area contributed by atoms with Gasteiger partial charge in [0.2, 0.25) is 5.82 Å². The maximum atomic E-state index is 11.4. The van der Waals surface area contributed by atoms with Crippen LogP contribution in [0.4, 0.5) is 0 Å². The van der Waals surface area contributed by atoms with Crippen molar-refractivity contribution >= 4 is 5.91 Å². The molecule has 0 spiro atoms. The molecule has 0 aliphatic rings. The van der Waals surface area contributed by atoms with Crippen LogP contribution in [0.1, 0.15) is 30.3 Å². The zero-order valence-corrected chi connectivity index (χ0v) is 8.59. The van der Waals surface area contributed by atoms with Crippen molar-refractivity contribution in [3.05, 3.63) is 11.6 Å². The Balaban J connectivity index is 2.52. The van der Waals surface area contributed by atoms with E-state index in [1.54, 1.807) is 6.92 Å². The van der Waals surface area contributed by atoms with Crippen molar-refractivity contribution in [2.24, 2.45) is 5.73 Å². The van der Waals surface area contributed by atoms with Crippen molar-refractivity contribution in [1.82, 2.24) is 20.5 Å². The van der Waals surface area contributed by atoms with Gasteiger partial charge < -0.3 is 11.1 Å². The molecule has 0 saturated heterocycles. The number of nitrogens with one attached hydrogen (secondary N) is 2. The summed E-state index contributed by atoms with van der Waals surface area (Å²) < 4.78 is 0. The van der Waals surface area contributed by atoms with E-state index in [1.165, 1.54) is 0 Å². The minimum Gasteiger partial charge on any atom is -0.347 e. The number of nitrogens with two attached hydrogens (primary N) is 1. The van der Waals surface area contributed by atoms with E-state index < -0.39 is 5.54 Å². The van der Waals surface area contributed by atoms with Crippen molar-refractivity contribution < 1.29 is 4.79 Å². The number of hydrogen-bond donors (Lipinski definition) is 3. The summed E-state index contributed by atoms with van der Waals surface area (Å²) in [4.78, 5) is 15.3. The van der Waals surface area contributed by atoms with Gasteiger partial charge in [-0.1, -0.05) is 0 Å². The first-order valence-electron chi connectivity index (χ1n) is 4.34. The van der Waals surface area contributed by atoms with Crippen LogP contribution in [0, 0.1) is 6.92 Å². The molecule has 0 aliphatic heterocycles. The molecule has 0 bridgehead atoms. The zero-order valence-electron chi connectivity index (χ0n) is 8.59.